The molecule has 0 radical (unpaired) electrons. The van der Waals surface area contributed by atoms with Crippen LogP contribution in [0.3, 0.4) is 0 Å². The van der Waals surface area contributed by atoms with Crippen molar-refractivity contribution >= 4 is 17.5 Å². The largest absolute Gasteiger partial charge is 0.460 e. The van der Waals surface area contributed by atoms with E-state index in [1.54, 1.807) is 0 Å². The van der Waals surface area contributed by atoms with Gasteiger partial charge in [-0.1, -0.05) is 0 Å². The number of Topliss-reactive ketones (excluding diaryl/α,β-unsaturated/α-hetero) is 2. The number of hydrogen-bond acceptors (Lipinski definition) is 5. The van der Waals surface area contributed by atoms with Crippen LogP contribution in [0.2, 0.25) is 0 Å². The Morgan fingerprint density at radius 3 is 2.71 bits per heavy atom. The van der Waals surface area contributed by atoms with Gasteiger partial charge in [0, 0.05) is 6.20 Å². The van der Waals surface area contributed by atoms with E-state index in [0.717, 1.165) is 12.3 Å². The maximum absolute atomic E-state index is 13.1. The van der Waals surface area contributed by atoms with Gasteiger partial charge in [-0.25, -0.2) is 9.18 Å². The zero-order valence-electron chi connectivity index (χ0n) is 9.10. The molecule has 1 heterocycles. The Morgan fingerprint density at radius 2 is 2.12 bits per heavy atom. The van der Waals surface area contributed by atoms with Gasteiger partial charge < -0.3 is 4.74 Å². The highest BCUT2D eigenvalue weighted by Crippen LogP contribution is 2.08. The van der Waals surface area contributed by atoms with Crippen molar-refractivity contribution in [3.8, 4) is 0 Å². The highest BCUT2D eigenvalue weighted by Gasteiger charge is 2.21. The van der Waals surface area contributed by atoms with E-state index >= 15 is 0 Å². The van der Waals surface area contributed by atoms with Crippen molar-refractivity contribution in [1.82, 2.24) is 4.98 Å². The quantitative estimate of drug-likeness (QED) is 0.330. The van der Waals surface area contributed by atoms with E-state index in [0.29, 0.717) is 0 Å². The maximum atomic E-state index is 13.1. The normalized spacial score (nSPS) is 9.76. The molecular formula is C11H10FNO4. The molecule has 0 saturated heterocycles. The first-order chi connectivity index (χ1) is 8.06. The number of ketones is 2. The van der Waals surface area contributed by atoms with Gasteiger partial charge in [0.25, 0.3) is 0 Å². The van der Waals surface area contributed by atoms with Gasteiger partial charge in [0.05, 0.1) is 24.8 Å². The van der Waals surface area contributed by atoms with Crippen LogP contribution in [0.25, 0.3) is 0 Å². The van der Waals surface area contributed by atoms with E-state index in [9.17, 15) is 18.8 Å². The summed E-state index contributed by atoms with van der Waals surface area (Å²) in [7, 11) is 0. The molecule has 0 spiro atoms. The summed E-state index contributed by atoms with van der Waals surface area (Å²) < 4.78 is 17.6. The SMILES string of the molecule is CCOC(=O)C(=O)CC(=O)c1ccncc1F. The molecule has 0 aliphatic heterocycles. The average Bonchev–Trinajstić information content (AvgIpc) is 2.29. The second kappa shape index (κ2) is 5.83. The Kier molecular flexibility index (Phi) is 4.45. The number of carbonyl (C=O) groups excluding carboxylic acids is 3. The Labute approximate surface area is 96.6 Å². The first kappa shape index (κ1) is 13.0. The molecular weight excluding hydrogens is 229 g/mol. The lowest BCUT2D eigenvalue weighted by atomic mass is 10.1. The number of nitrogens with zero attached hydrogens (tertiary/aromatic N) is 1. The van der Waals surface area contributed by atoms with Crippen LogP contribution in [0, 0.1) is 5.82 Å². The third-order valence-corrected chi connectivity index (χ3v) is 1.90. The van der Waals surface area contributed by atoms with Gasteiger partial charge >= 0.3 is 5.97 Å². The standard InChI is InChI=1S/C11H10FNO4/c1-2-17-11(16)10(15)5-9(14)7-3-4-13-6-8(7)12/h3-4,6H,2,5H2,1H3. The van der Waals surface area contributed by atoms with E-state index in [4.69, 9.17) is 0 Å². The molecule has 0 aliphatic rings. The van der Waals surface area contributed by atoms with Crippen molar-refractivity contribution in [2.45, 2.75) is 13.3 Å². The van der Waals surface area contributed by atoms with Crippen LogP contribution < -0.4 is 0 Å². The summed E-state index contributed by atoms with van der Waals surface area (Å²) >= 11 is 0. The van der Waals surface area contributed by atoms with Gasteiger partial charge in [-0.15, -0.1) is 0 Å². The van der Waals surface area contributed by atoms with Crippen molar-refractivity contribution < 1.29 is 23.5 Å². The molecule has 0 atom stereocenters. The highest BCUT2D eigenvalue weighted by atomic mass is 19.1. The van der Waals surface area contributed by atoms with Crippen molar-refractivity contribution in [3.63, 3.8) is 0 Å². The fraction of sp³-hybridized carbons (Fsp3) is 0.273. The van der Waals surface area contributed by atoms with Gasteiger partial charge in [-0.2, -0.15) is 0 Å². The van der Waals surface area contributed by atoms with Gasteiger partial charge in [0.1, 0.15) is 0 Å². The lowest BCUT2D eigenvalue weighted by Crippen LogP contribution is -2.21. The zero-order valence-corrected chi connectivity index (χ0v) is 9.10. The lowest BCUT2D eigenvalue weighted by molar-refractivity contribution is -0.153. The lowest BCUT2D eigenvalue weighted by Gasteiger charge is -2.01. The van der Waals surface area contributed by atoms with Gasteiger partial charge in [0.15, 0.2) is 11.6 Å². The van der Waals surface area contributed by atoms with E-state index in [2.05, 4.69) is 9.72 Å². The topological polar surface area (TPSA) is 73.3 Å². The fourth-order valence-corrected chi connectivity index (χ4v) is 1.13. The molecule has 5 nitrogen and oxygen atoms in total. The predicted octanol–water partition coefficient (Wildman–Crippen LogP) is 0.926. The molecule has 1 rings (SSSR count). The molecule has 0 aromatic carbocycles. The minimum atomic E-state index is -1.09. The van der Waals surface area contributed by atoms with Crippen molar-refractivity contribution in [3.05, 3.63) is 29.8 Å². The third kappa shape index (κ3) is 3.44. The molecule has 0 bridgehead atoms. The number of esters is 1. The predicted molar refractivity (Wildman–Crippen MR) is 54.8 cm³/mol. The summed E-state index contributed by atoms with van der Waals surface area (Å²) in [6.45, 7) is 1.58. The molecule has 0 saturated carbocycles. The van der Waals surface area contributed by atoms with Gasteiger partial charge in [0.2, 0.25) is 5.78 Å². The minimum absolute atomic E-state index is 0.0440. The van der Waals surface area contributed by atoms with Gasteiger partial charge in [-0.3, -0.25) is 14.6 Å². The summed E-state index contributed by atoms with van der Waals surface area (Å²) in [5.74, 6) is -3.68. The number of aromatic nitrogens is 1. The number of carbonyl (C=O) groups is 3. The van der Waals surface area contributed by atoms with Crippen molar-refractivity contribution in [1.29, 1.82) is 0 Å². The van der Waals surface area contributed by atoms with Crippen LogP contribution in [0.1, 0.15) is 23.7 Å². The second-order valence-electron chi connectivity index (χ2n) is 3.10. The fourth-order valence-electron chi connectivity index (χ4n) is 1.13. The molecule has 0 aliphatic carbocycles. The van der Waals surface area contributed by atoms with E-state index in [1.807, 2.05) is 0 Å². The van der Waals surface area contributed by atoms with Crippen LogP contribution in [-0.2, 0) is 14.3 Å². The molecule has 0 N–H and O–H groups in total. The summed E-state index contributed by atoms with van der Waals surface area (Å²) in [5.41, 5.74) is -0.266. The van der Waals surface area contributed by atoms with E-state index < -0.39 is 29.8 Å². The molecule has 0 unspecified atom stereocenters. The first-order valence-corrected chi connectivity index (χ1v) is 4.89. The molecule has 0 fully saturated rings. The first-order valence-electron chi connectivity index (χ1n) is 4.89. The van der Waals surface area contributed by atoms with Crippen LogP contribution in [0.15, 0.2) is 18.5 Å². The number of halogens is 1. The number of pyridine rings is 1. The van der Waals surface area contributed by atoms with Crippen molar-refractivity contribution in [2.24, 2.45) is 0 Å². The zero-order chi connectivity index (χ0) is 12.8. The number of hydrogen-bond donors (Lipinski definition) is 0. The molecule has 6 heteroatoms. The summed E-state index contributed by atoms with van der Waals surface area (Å²) in [4.78, 5) is 37.1. The second-order valence-corrected chi connectivity index (χ2v) is 3.10. The van der Waals surface area contributed by atoms with Crippen LogP contribution in [-0.4, -0.2) is 29.1 Å². The third-order valence-electron chi connectivity index (χ3n) is 1.90. The minimum Gasteiger partial charge on any atom is -0.460 e. The van der Waals surface area contributed by atoms with Crippen LogP contribution >= 0.6 is 0 Å². The molecule has 1 aromatic rings. The summed E-state index contributed by atoms with van der Waals surface area (Å²) in [6, 6.07) is 1.15. The molecule has 90 valence electrons. The highest BCUT2D eigenvalue weighted by molar-refractivity contribution is 6.38. The van der Waals surface area contributed by atoms with Crippen molar-refractivity contribution in [2.75, 3.05) is 6.61 Å². The molecule has 0 amide bonds. The van der Waals surface area contributed by atoms with Gasteiger partial charge in [-0.05, 0) is 13.0 Å². The Balaban J connectivity index is 2.71. The van der Waals surface area contributed by atoms with Crippen LogP contribution in [0.5, 0.6) is 0 Å². The van der Waals surface area contributed by atoms with E-state index in [1.165, 1.54) is 13.1 Å². The van der Waals surface area contributed by atoms with E-state index in [-0.39, 0.29) is 12.2 Å². The number of rotatable bonds is 5. The van der Waals surface area contributed by atoms with Crippen LogP contribution in [0.4, 0.5) is 4.39 Å². The Hall–Kier alpha value is -2.11. The summed E-state index contributed by atoms with van der Waals surface area (Å²) in [6.07, 6.45) is 1.38. The summed E-state index contributed by atoms with van der Waals surface area (Å²) in [5, 5.41) is 0. The Bertz CT molecular complexity index is 459. The maximum Gasteiger partial charge on any atom is 0.375 e. The smallest absolute Gasteiger partial charge is 0.375 e. The Morgan fingerprint density at radius 1 is 1.41 bits per heavy atom. The average molecular weight is 239 g/mol. The monoisotopic (exact) mass is 239 g/mol. The molecule has 1 aromatic heterocycles. The number of ether oxygens (including phenoxy) is 1. The molecule has 17 heavy (non-hydrogen) atoms.